The van der Waals surface area contributed by atoms with Crippen LogP contribution < -0.4 is 0 Å². The summed E-state index contributed by atoms with van der Waals surface area (Å²) in [6, 6.07) is 0. The van der Waals surface area contributed by atoms with Crippen LogP contribution >= 0.6 is 0 Å². The summed E-state index contributed by atoms with van der Waals surface area (Å²) in [5.41, 5.74) is 0. The number of alkyl halides is 3. The molecular formula is C9H17F3. The van der Waals surface area contributed by atoms with Gasteiger partial charge in [0.05, 0.1) is 0 Å². The van der Waals surface area contributed by atoms with Gasteiger partial charge in [-0.25, -0.2) is 0 Å². The zero-order valence-electron chi connectivity index (χ0n) is 7.75. The van der Waals surface area contributed by atoms with E-state index in [1.807, 2.05) is 6.92 Å². The summed E-state index contributed by atoms with van der Waals surface area (Å²) in [4.78, 5) is 0. The average Bonchev–Trinajstić information content (AvgIpc) is 1.95. The van der Waals surface area contributed by atoms with E-state index in [4.69, 9.17) is 0 Å². The lowest BCUT2D eigenvalue weighted by molar-refractivity contribution is -0.137. The molecule has 0 radical (unpaired) electrons. The van der Waals surface area contributed by atoms with Gasteiger partial charge in [-0.15, -0.1) is 0 Å². The summed E-state index contributed by atoms with van der Waals surface area (Å²) in [7, 11) is 0. The van der Waals surface area contributed by atoms with Crippen LogP contribution in [-0.2, 0) is 0 Å². The van der Waals surface area contributed by atoms with E-state index >= 15 is 0 Å². The predicted molar refractivity (Wildman–Crippen MR) is 44.0 cm³/mol. The molecule has 0 aromatic rings. The monoisotopic (exact) mass is 182 g/mol. The van der Waals surface area contributed by atoms with Crippen LogP contribution in [0.15, 0.2) is 0 Å². The summed E-state index contributed by atoms with van der Waals surface area (Å²) < 4.78 is 35.2. The van der Waals surface area contributed by atoms with E-state index in [1.165, 1.54) is 0 Å². The molecule has 0 fully saturated rings. The van der Waals surface area contributed by atoms with Crippen molar-refractivity contribution in [3.63, 3.8) is 0 Å². The van der Waals surface area contributed by atoms with Gasteiger partial charge in [-0.1, -0.05) is 33.1 Å². The fourth-order valence-electron chi connectivity index (χ4n) is 1.11. The first kappa shape index (κ1) is 11.8. The summed E-state index contributed by atoms with van der Waals surface area (Å²) in [6.07, 6.45) is -1.29. The van der Waals surface area contributed by atoms with Crippen LogP contribution in [-0.4, -0.2) is 6.18 Å². The van der Waals surface area contributed by atoms with Crippen molar-refractivity contribution in [1.82, 2.24) is 0 Å². The van der Waals surface area contributed by atoms with Gasteiger partial charge in [0.1, 0.15) is 0 Å². The lowest BCUT2D eigenvalue weighted by atomic mass is 9.99. The van der Waals surface area contributed by atoms with Crippen LogP contribution in [0.2, 0.25) is 0 Å². The molecule has 0 aliphatic rings. The van der Waals surface area contributed by atoms with Crippen molar-refractivity contribution in [2.75, 3.05) is 0 Å². The zero-order chi connectivity index (χ0) is 9.61. The number of halogens is 3. The minimum atomic E-state index is -3.97. The highest BCUT2D eigenvalue weighted by atomic mass is 19.4. The van der Waals surface area contributed by atoms with Gasteiger partial charge >= 0.3 is 6.18 Å². The van der Waals surface area contributed by atoms with Crippen LogP contribution in [0.3, 0.4) is 0 Å². The number of hydrogen-bond acceptors (Lipinski definition) is 0. The summed E-state index contributed by atoms with van der Waals surface area (Å²) in [5, 5.41) is 0. The van der Waals surface area contributed by atoms with Gasteiger partial charge in [0.2, 0.25) is 0 Å². The maximum absolute atomic E-state index is 11.7. The molecule has 0 saturated heterocycles. The van der Waals surface area contributed by atoms with E-state index < -0.39 is 12.6 Å². The van der Waals surface area contributed by atoms with Gasteiger partial charge < -0.3 is 0 Å². The Morgan fingerprint density at radius 3 is 2.17 bits per heavy atom. The number of rotatable bonds is 5. The van der Waals surface area contributed by atoms with Crippen molar-refractivity contribution < 1.29 is 13.2 Å². The predicted octanol–water partition coefficient (Wildman–Crippen LogP) is 4.16. The SMILES string of the molecule is CCCCC(C)CCC(F)(F)F. The Balaban J connectivity index is 3.37. The Morgan fingerprint density at radius 1 is 1.17 bits per heavy atom. The third kappa shape index (κ3) is 7.89. The molecular weight excluding hydrogens is 165 g/mol. The van der Waals surface area contributed by atoms with Gasteiger partial charge in [0.25, 0.3) is 0 Å². The molecule has 12 heavy (non-hydrogen) atoms. The largest absolute Gasteiger partial charge is 0.389 e. The summed E-state index contributed by atoms with van der Waals surface area (Å²) >= 11 is 0. The van der Waals surface area contributed by atoms with E-state index in [9.17, 15) is 13.2 Å². The standard InChI is InChI=1S/C9H17F3/c1-3-4-5-8(2)6-7-9(10,11)12/h8H,3-7H2,1-2H3. The molecule has 0 aliphatic carbocycles. The maximum atomic E-state index is 11.7. The number of unbranched alkanes of at least 4 members (excludes halogenated alkanes) is 1. The molecule has 74 valence electrons. The van der Waals surface area contributed by atoms with Crippen LogP contribution in [0, 0.1) is 5.92 Å². The third-order valence-electron chi connectivity index (χ3n) is 1.97. The highest BCUT2D eigenvalue weighted by molar-refractivity contribution is 4.57. The van der Waals surface area contributed by atoms with Crippen LogP contribution in [0.5, 0.6) is 0 Å². The second kappa shape index (κ2) is 5.44. The first-order valence-corrected chi connectivity index (χ1v) is 4.52. The summed E-state index contributed by atoms with van der Waals surface area (Å²) in [6.45, 7) is 3.94. The lowest BCUT2D eigenvalue weighted by Gasteiger charge is -2.11. The minimum Gasteiger partial charge on any atom is -0.171 e. The van der Waals surface area contributed by atoms with Crippen molar-refractivity contribution in [1.29, 1.82) is 0 Å². The van der Waals surface area contributed by atoms with Crippen LogP contribution in [0.25, 0.3) is 0 Å². The molecule has 3 heteroatoms. The Hall–Kier alpha value is -0.210. The van der Waals surface area contributed by atoms with E-state index in [-0.39, 0.29) is 12.3 Å². The van der Waals surface area contributed by atoms with E-state index in [1.54, 1.807) is 0 Å². The molecule has 0 nitrogen and oxygen atoms in total. The van der Waals surface area contributed by atoms with Crippen LogP contribution in [0.4, 0.5) is 13.2 Å². The molecule has 0 saturated carbocycles. The molecule has 1 unspecified atom stereocenters. The molecule has 0 aliphatic heterocycles. The van der Waals surface area contributed by atoms with Crippen LogP contribution in [0.1, 0.15) is 46.0 Å². The highest BCUT2D eigenvalue weighted by Gasteiger charge is 2.27. The van der Waals surface area contributed by atoms with Crippen molar-refractivity contribution in [3.8, 4) is 0 Å². The first-order chi connectivity index (χ1) is 5.45. The molecule has 0 aromatic carbocycles. The quantitative estimate of drug-likeness (QED) is 0.599. The second-order valence-corrected chi connectivity index (χ2v) is 3.40. The van der Waals surface area contributed by atoms with Gasteiger partial charge in [-0.05, 0) is 12.3 Å². The minimum absolute atomic E-state index is 0.214. The highest BCUT2D eigenvalue weighted by Crippen LogP contribution is 2.25. The zero-order valence-corrected chi connectivity index (χ0v) is 7.75. The van der Waals surface area contributed by atoms with Crippen molar-refractivity contribution in [2.24, 2.45) is 5.92 Å². The Labute approximate surface area is 72.2 Å². The first-order valence-electron chi connectivity index (χ1n) is 4.52. The molecule has 0 rings (SSSR count). The molecule has 0 bridgehead atoms. The fourth-order valence-corrected chi connectivity index (χ4v) is 1.11. The molecule has 0 aromatic heterocycles. The molecule has 0 heterocycles. The van der Waals surface area contributed by atoms with Crippen molar-refractivity contribution in [2.45, 2.75) is 52.1 Å². The maximum Gasteiger partial charge on any atom is 0.389 e. The van der Waals surface area contributed by atoms with E-state index in [0.29, 0.717) is 0 Å². The van der Waals surface area contributed by atoms with E-state index in [0.717, 1.165) is 19.3 Å². The normalized spacial score (nSPS) is 14.8. The smallest absolute Gasteiger partial charge is 0.171 e. The van der Waals surface area contributed by atoms with Gasteiger partial charge in [0, 0.05) is 6.42 Å². The lowest BCUT2D eigenvalue weighted by Crippen LogP contribution is -2.09. The topological polar surface area (TPSA) is 0 Å². The molecule has 0 amide bonds. The molecule has 0 N–H and O–H groups in total. The summed E-state index contributed by atoms with van der Waals surface area (Å²) in [5.74, 6) is 0.214. The molecule has 0 spiro atoms. The molecule has 1 atom stereocenters. The van der Waals surface area contributed by atoms with Gasteiger partial charge in [-0.3, -0.25) is 0 Å². The Morgan fingerprint density at radius 2 is 1.75 bits per heavy atom. The fraction of sp³-hybridized carbons (Fsp3) is 1.00. The van der Waals surface area contributed by atoms with Crippen molar-refractivity contribution in [3.05, 3.63) is 0 Å². The van der Waals surface area contributed by atoms with Gasteiger partial charge in [-0.2, -0.15) is 13.2 Å². The third-order valence-corrected chi connectivity index (χ3v) is 1.97. The Kier molecular flexibility index (Phi) is 5.34. The average molecular weight is 182 g/mol. The van der Waals surface area contributed by atoms with E-state index in [2.05, 4.69) is 6.92 Å². The van der Waals surface area contributed by atoms with Crippen molar-refractivity contribution >= 4 is 0 Å². The second-order valence-electron chi connectivity index (χ2n) is 3.40. The number of hydrogen-bond donors (Lipinski definition) is 0. The Bertz CT molecular complexity index is 107. The van der Waals surface area contributed by atoms with Gasteiger partial charge in [0.15, 0.2) is 0 Å².